The summed E-state index contributed by atoms with van der Waals surface area (Å²) in [4.78, 5) is 14.7. The molecule has 0 fully saturated rings. The van der Waals surface area contributed by atoms with Gasteiger partial charge in [-0.05, 0) is 36.5 Å². The average Bonchev–Trinajstić information content (AvgIpc) is 2.52. The maximum atomic E-state index is 10.4. The Balaban J connectivity index is 2.05. The van der Waals surface area contributed by atoms with E-state index in [1.54, 1.807) is 12.3 Å². The number of nitrogens with zero attached hydrogens (tertiary/aromatic N) is 1. The third-order valence-corrected chi connectivity index (χ3v) is 3.41. The third kappa shape index (κ3) is 4.88. The molecule has 1 aromatic carbocycles. The summed E-state index contributed by atoms with van der Waals surface area (Å²) in [5, 5.41) is 8.58. The largest absolute Gasteiger partial charge is 0.478 e. The van der Waals surface area contributed by atoms with Gasteiger partial charge in [-0.1, -0.05) is 42.5 Å². The smallest absolute Gasteiger partial charge is 0.327 e. The number of allylic oxidation sites excluding steroid dienone is 1. The second-order valence-electron chi connectivity index (χ2n) is 4.92. The Morgan fingerprint density at radius 3 is 2.57 bits per heavy atom. The van der Waals surface area contributed by atoms with Gasteiger partial charge in [0.05, 0.1) is 0 Å². The molecular weight excluding hydrogens is 262 g/mol. The van der Waals surface area contributed by atoms with E-state index in [0.29, 0.717) is 5.92 Å². The molecule has 0 amide bonds. The maximum absolute atomic E-state index is 10.4. The zero-order valence-electron chi connectivity index (χ0n) is 11.9. The fraction of sp³-hybridized carbons (Fsp3) is 0.222. The van der Waals surface area contributed by atoms with E-state index in [-0.39, 0.29) is 0 Å². The first-order chi connectivity index (χ1) is 10.3. The summed E-state index contributed by atoms with van der Waals surface area (Å²) in [5.74, 6) is -0.583. The molecule has 108 valence electrons. The van der Waals surface area contributed by atoms with Crippen LogP contribution >= 0.6 is 0 Å². The summed E-state index contributed by atoms with van der Waals surface area (Å²) < 4.78 is 0. The van der Waals surface area contributed by atoms with Crippen LogP contribution in [0.3, 0.4) is 0 Å². The highest BCUT2D eigenvalue weighted by Crippen LogP contribution is 2.29. The first kappa shape index (κ1) is 15.0. The Morgan fingerprint density at radius 2 is 1.90 bits per heavy atom. The van der Waals surface area contributed by atoms with Crippen molar-refractivity contribution in [2.75, 3.05) is 0 Å². The van der Waals surface area contributed by atoms with Gasteiger partial charge in [0.2, 0.25) is 0 Å². The number of rotatable bonds is 7. The average molecular weight is 281 g/mol. The number of carboxylic acid groups (broad SMARTS) is 1. The van der Waals surface area contributed by atoms with Gasteiger partial charge in [0.25, 0.3) is 0 Å². The molecular formula is C18H19NO2. The van der Waals surface area contributed by atoms with Crippen LogP contribution < -0.4 is 0 Å². The Morgan fingerprint density at radius 1 is 1.14 bits per heavy atom. The molecule has 3 heteroatoms. The fourth-order valence-electron chi connectivity index (χ4n) is 2.42. The molecule has 1 atom stereocenters. The Labute approximate surface area is 125 Å². The molecule has 0 aliphatic heterocycles. The van der Waals surface area contributed by atoms with Crippen molar-refractivity contribution in [1.29, 1.82) is 0 Å². The number of pyridine rings is 1. The lowest BCUT2D eigenvalue weighted by Gasteiger charge is -2.17. The zero-order chi connectivity index (χ0) is 14.9. The summed E-state index contributed by atoms with van der Waals surface area (Å²) in [6.45, 7) is 0. The predicted molar refractivity (Wildman–Crippen MR) is 83.1 cm³/mol. The summed E-state index contributed by atoms with van der Waals surface area (Å²) in [6.07, 6.45) is 9.30. The van der Waals surface area contributed by atoms with Crippen LogP contribution in [0, 0.1) is 0 Å². The van der Waals surface area contributed by atoms with Crippen LogP contribution in [0.1, 0.15) is 36.3 Å². The first-order valence-corrected chi connectivity index (χ1v) is 7.11. The van der Waals surface area contributed by atoms with Crippen LogP contribution in [0.15, 0.2) is 67.0 Å². The lowest BCUT2D eigenvalue weighted by Crippen LogP contribution is -2.01. The van der Waals surface area contributed by atoms with E-state index in [4.69, 9.17) is 5.11 Å². The van der Waals surface area contributed by atoms with E-state index in [0.717, 1.165) is 19.3 Å². The molecule has 0 bridgehead atoms. The fourth-order valence-corrected chi connectivity index (χ4v) is 2.42. The molecule has 3 nitrogen and oxygen atoms in total. The topological polar surface area (TPSA) is 50.2 Å². The minimum absolute atomic E-state index is 0.304. The van der Waals surface area contributed by atoms with Gasteiger partial charge in [0.15, 0.2) is 0 Å². The van der Waals surface area contributed by atoms with Gasteiger partial charge in [0.1, 0.15) is 0 Å². The van der Waals surface area contributed by atoms with E-state index in [1.807, 2.05) is 30.5 Å². The van der Waals surface area contributed by atoms with Crippen LogP contribution in [0.4, 0.5) is 0 Å². The molecule has 0 saturated heterocycles. The number of aliphatic carboxylic acids is 1. The second-order valence-corrected chi connectivity index (χ2v) is 4.92. The summed E-state index contributed by atoms with van der Waals surface area (Å²) in [7, 11) is 0. The number of unbranched alkanes of at least 4 members (excludes halogenated alkanes) is 1. The van der Waals surface area contributed by atoms with Crippen LogP contribution in [-0.2, 0) is 4.79 Å². The van der Waals surface area contributed by atoms with Crippen LogP contribution in [0.25, 0.3) is 0 Å². The molecule has 2 rings (SSSR count). The Kier molecular flexibility index (Phi) is 5.71. The number of benzene rings is 1. The number of carboxylic acids is 1. The van der Waals surface area contributed by atoms with Crippen molar-refractivity contribution < 1.29 is 9.90 Å². The molecule has 0 aliphatic carbocycles. The monoisotopic (exact) mass is 281 g/mol. The number of hydrogen-bond donors (Lipinski definition) is 1. The molecule has 0 saturated carbocycles. The number of aromatic nitrogens is 1. The van der Waals surface area contributed by atoms with E-state index in [9.17, 15) is 4.79 Å². The Bertz CT molecular complexity index is 539. The van der Waals surface area contributed by atoms with Gasteiger partial charge in [-0.15, -0.1) is 0 Å². The van der Waals surface area contributed by atoms with E-state index in [2.05, 4.69) is 23.2 Å². The molecule has 1 unspecified atom stereocenters. The van der Waals surface area contributed by atoms with E-state index >= 15 is 0 Å². The van der Waals surface area contributed by atoms with Gasteiger partial charge in [-0.3, -0.25) is 4.98 Å². The van der Waals surface area contributed by atoms with Crippen LogP contribution in [0.2, 0.25) is 0 Å². The Hall–Kier alpha value is -2.42. The second kappa shape index (κ2) is 8.00. The standard InChI is InChI=1S/C18H19NO2/c20-18(21)12-6-2-5-11-17(15-8-3-1-4-9-15)16-10-7-13-19-14-16/h1,3-4,6-10,12-14,17H,2,5,11H2,(H,20,21). The molecule has 1 N–H and O–H groups in total. The van der Waals surface area contributed by atoms with Gasteiger partial charge in [-0.2, -0.15) is 0 Å². The van der Waals surface area contributed by atoms with Gasteiger partial charge in [0, 0.05) is 24.4 Å². The van der Waals surface area contributed by atoms with Gasteiger partial charge >= 0.3 is 5.97 Å². The number of carbonyl (C=O) groups is 1. The highest BCUT2D eigenvalue weighted by atomic mass is 16.4. The van der Waals surface area contributed by atoms with Crippen molar-refractivity contribution in [3.05, 3.63) is 78.1 Å². The SMILES string of the molecule is O=C(O)C=CCCCC(c1ccccc1)c1cccnc1. The molecule has 1 heterocycles. The summed E-state index contributed by atoms with van der Waals surface area (Å²) >= 11 is 0. The molecule has 2 aromatic rings. The predicted octanol–water partition coefficient (Wildman–Crippen LogP) is 4.02. The third-order valence-electron chi connectivity index (χ3n) is 3.41. The minimum atomic E-state index is -0.887. The molecule has 0 spiro atoms. The number of hydrogen-bond acceptors (Lipinski definition) is 2. The zero-order valence-corrected chi connectivity index (χ0v) is 11.9. The normalized spacial score (nSPS) is 12.4. The van der Waals surface area contributed by atoms with Crippen LogP contribution in [-0.4, -0.2) is 16.1 Å². The van der Waals surface area contributed by atoms with E-state index in [1.165, 1.54) is 17.2 Å². The maximum Gasteiger partial charge on any atom is 0.327 e. The van der Waals surface area contributed by atoms with Crippen molar-refractivity contribution in [3.8, 4) is 0 Å². The summed E-state index contributed by atoms with van der Waals surface area (Å²) in [5.41, 5.74) is 2.47. The molecule has 21 heavy (non-hydrogen) atoms. The van der Waals surface area contributed by atoms with Crippen molar-refractivity contribution >= 4 is 5.97 Å². The quantitative estimate of drug-likeness (QED) is 0.616. The van der Waals surface area contributed by atoms with Crippen LogP contribution in [0.5, 0.6) is 0 Å². The van der Waals surface area contributed by atoms with Crippen molar-refractivity contribution in [2.45, 2.75) is 25.2 Å². The molecule has 1 aromatic heterocycles. The first-order valence-electron chi connectivity index (χ1n) is 7.11. The lowest BCUT2D eigenvalue weighted by molar-refractivity contribution is -0.131. The van der Waals surface area contributed by atoms with E-state index < -0.39 is 5.97 Å². The van der Waals surface area contributed by atoms with Crippen molar-refractivity contribution in [1.82, 2.24) is 4.98 Å². The molecule has 0 radical (unpaired) electrons. The van der Waals surface area contributed by atoms with Crippen molar-refractivity contribution in [3.63, 3.8) is 0 Å². The minimum Gasteiger partial charge on any atom is -0.478 e. The van der Waals surface area contributed by atoms with Gasteiger partial charge in [-0.25, -0.2) is 4.79 Å². The van der Waals surface area contributed by atoms with Gasteiger partial charge < -0.3 is 5.11 Å². The highest BCUT2D eigenvalue weighted by Gasteiger charge is 2.13. The molecule has 0 aliphatic rings. The summed E-state index contributed by atoms with van der Waals surface area (Å²) in [6, 6.07) is 14.4. The van der Waals surface area contributed by atoms with Crippen molar-refractivity contribution in [2.24, 2.45) is 0 Å². The highest BCUT2D eigenvalue weighted by molar-refractivity contribution is 5.79. The lowest BCUT2D eigenvalue weighted by atomic mass is 9.88.